The van der Waals surface area contributed by atoms with Gasteiger partial charge in [-0.05, 0) is 5.56 Å². The van der Waals surface area contributed by atoms with Gasteiger partial charge in [-0.25, -0.2) is 4.98 Å². The van der Waals surface area contributed by atoms with E-state index in [0.717, 1.165) is 18.1 Å². The summed E-state index contributed by atoms with van der Waals surface area (Å²) in [5.41, 5.74) is 1.22. The first-order valence-electron chi connectivity index (χ1n) is 6.62. The second-order valence-corrected chi connectivity index (χ2v) is 6.03. The van der Waals surface area contributed by atoms with Crippen molar-refractivity contribution < 1.29 is 9.90 Å². The minimum Gasteiger partial charge on any atom is -0.481 e. The topological polar surface area (TPSA) is 53.4 Å². The monoisotopic (exact) mass is 288 g/mol. The van der Waals surface area contributed by atoms with Gasteiger partial charge < -0.3 is 5.11 Å². The van der Waals surface area contributed by atoms with E-state index in [0.29, 0.717) is 6.54 Å². The highest BCUT2D eigenvalue weighted by Crippen LogP contribution is 2.34. The van der Waals surface area contributed by atoms with Crippen LogP contribution in [0.25, 0.3) is 0 Å². The van der Waals surface area contributed by atoms with Crippen LogP contribution < -0.4 is 0 Å². The van der Waals surface area contributed by atoms with Crippen LogP contribution in [0.3, 0.4) is 0 Å². The Labute approximate surface area is 121 Å². The van der Waals surface area contributed by atoms with Crippen LogP contribution >= 0.6 is 11.3 Å². The van der Waals surface area contributed by atoms with Crippen LogP contribution in [0, 0.1) is 5.92 Å². The number of hydrogen-bond donors (Lipinski definition) is 1. The Hall–Kier alpha value is -1.72. The number of carbonyl (C=O) groups is 1. The van der Waals surface area contributed by atoms with Crippen LogP contribution in [0.1, 0.15) is 16.5 Å². The van der Waals surface area contributed by atoms with E-state index in [4.69, 9.17) is 0 Å². The Morgan fingerprint density at radius 3 is 2.80 bits per heavy atom. The Kier molecular flexibility index (Phi) is 3.80. The van der Waals surface area contributed by atoms with E-state index in [9.17, 15) is 9.90 Å². The smallest absolute Gasteiger partial charge is 0.308 e. The van der Waals surface area contributed by atoms with Gasteiger partial charge in [-0.2, -0.15) is 0 Å². The molecular weight excluding hydrogens is 272 g/mol. The summed E-state index contributed by atoms with van der Waals surface area (Å²) >= 11 is 1.55. The molecule has 1 N–H and O–H groups in total. The lowest BCUT2D eigenvalue weighted by molar-refractivity contribution is -0.141. The summed E-state index contributed by atoms with van der Waals surface area (Å²) in [6.45, 7) is 2.15. The number of hydrogen-bond acceptors (Lipinski definition) is 4. The molecule has 20 heavy (non-hydrogen) atoms. The summed E-state index contributed by atoms with van der Waals surface area (Å²) in [4.78, 5) is 18.0. The normalized spacial score (nSPS) is 23.0. The number of aliphatic carboxylic acids is 1. The molecule has 2 atom stereocenters. The van der Waals surface area contributed by atoms with Gasteiger partial charge in [0, 0.05) is 37.1 Å². The lowest BCUT2D eigenvalue weighted by Crippen LogP contribution is -2.23. The van der Waals surface area contributed by atoms with E-state index >= 15 is 0 Å². The summed E-state index contributed by atoms with van der Waals surface area (Å²) in [6.07, 6.45) is 1.75. The zero-order valence-electron chi connectivity index (χ0n) is 11.0. The van der Waals surface area contributed by atoms with E-state index in [1.54, 1.807) is 17.5 Å². The maximum absolute atomic E-state index is 11.5. The molecule has 0 radical (unpaired) electrons. The fraction of sp³-hybridized carbons (Fsp3) is 0.333. The van der Waals surface area contributed by atoms with Crippen LogP contribution in [-0.2, 0) is 11.3 Å². The third-order valence-electron chi connectivity index (χ3n) is 3.73. The summed E-state index contributed by atoms with van der Waals surface area (Å²) in [5.74, 6) is -1.07. The number of benzene rings is 1. The van der Waals surface area contributed by atoms with E-state index in [2.05, 4.69) is 22.0 Å². The third-order valence-corrected chi connectivity index (χ3v) is 4.64. The molecule has 0 amide bonds. The molecular formula is C15H16N2O2S. The third kappa shape index (κ3) is 2.73. The van der Waals surface area contributed by atoms with Crippen LogP contribution in [-0.4, -0.2) is 34.0 Å². The molecule has 5 heteroatoms. The predicted octanol–water partition coefficient (Wildman–Crippen LogP) is 2.44. The molecule has 1 aliphatic heterocycles. The summed E-state index contributed by atoms with van der Waals surface area (Å²) in [6, 6.07) is 10.2. The summed E-state index contributed by atoms with van der Waals surface area (Å²) in [7, 11) is 0. The van der Waals surface area contributed by atoms with Crippen LogP contribution in [0.2, 0.25) is 0 Å². The van der Waals surface area contributed by atoms with Crippen molar-refractivity contribution in [3.8, 4) is 0 Å². The van der Waals surface area contributed by atoms with Crippen molar-refractivity contribution in [3.05, 3.63) is 52.5 Å². The standard InChI is InChI=1S/C15H16N2O2S/c18-15(19)13-10-17(8-11-4-2-1-3-5-11)9-12(13)14-16-6-7-20-14/h1-7,12-13H,8-10H2,(H,18,19)/t12-,13-/m1/s1. The molecule has 1 saturated heterocycles. The predicted molar refractivity (Wildman–Crippen MR) is 77.7 cm³/mol. The van der Waals surface area contributed by atoms with Gasteiger partial charge in [0.15, 0.2) is 0 Å². The quantitative estimate of drug-likeness (QED) is 0.939. The minimum atomic E-state index is -0.722. The highest BCUT2D eigenvalue weighted by Gasteiger charge is 2.39. The van der Waals surface area contributed by atoms with Crippen LogP contribution in [0.4, 0.5) is 0 Å². The van der Waals surface area contributed by atoms with E-state index < -0.39 is 5.97 Å². The number of aromatic nitrogens is 1. The van der Waals surface area contributed by atoms with Gasteiger partial charge >= 0.3 is 5.97 Å². The fourth-order valence-electron chi connectivity index (χ4n) is 2.77. The average Bonchev–Trinajstić information content (AvgIpc) is 3.08. The Bertz CT molecular complexity index is 571. The lowest BCUT2D eigenvalue weighted by Gasteiger charge is -2.15. The molecule has 4 nitrogen and oxygen atoms in total. The lowest BCUT2D eigenvalue weighted by atomic mass is 9.97. The van der Waals surface area contributed by atoms with Gasteiger partial charge in [0.25, 0.3) is 0 Å². The number of rotatable bonds is 4. The number of likely N-dealkylation sites (tertiary alicyclic amines) is 1. The molecule has 1 aliphatic rings. The molecule has 0 aliphatic carbocycles. The van der Waals surface area contributed by atoms with Crippen molar-refractivity contribution in [1.82, 2.24) is 9.88 Å². The maximum Gasteiger partial charge on any atom is 0.308 e. The molecule has 1 aromatic heterocycles. The molecule has 1 aromatic carbocycles. The Morgan fingerprint density at radius 1 is 1.35 bits per heavy atom. The van der Waals surface area contributed by atoms with Gasteiger partial charge in [-0.15, -0.1) is 11.3 Å². The van der Waals surface area contributed by atoms with Crippen molar-refractivity contribution in [3.63, 3.8) is 0 Å². The number of thiazole rings is 1. The first kappa shape index (κ1) is 13.3. The van der Waals surface area contributed by atoms with Gasteiger partial charge in [0.2, 0.25) is 0 Å². The molecule has 2 aromatic rings. The molecule has 1 fully saturated rings. The van der Waals surface area contributed by atoms with Crippen molar-refractivity contribution in [2.45, 2.75) is 12.5 Å². The molecule has 3 rings (SSSR count). The molecule has 0 unspecified atom stereocenters. The maximum atomic E-state index is 11.5. The second-order valence-electron chi connectivity index (χ2n) is 5.10. The zero-order chi connectivity index (χ0) is 13.9. The highest BCUT2D eigenvalue weighted by atomic mass is 32.1. The summed E-state index contributed by atoms with van der Waals surface area (Å²) < 4.78 is 0. The molecule has 2 heterocycles. The average molecular weight is 288 g/mol. The van der Waals surface area contributed by atoms with Gasteiger partial charge in [0.05, 0.1) is 10.9 Å². The van der Waals surface area contributed by atoms with Crippen molar-refractivity contribution >= 4 is 17.3 Å². The first-order valence-corrected chi connectivity index (χ1v) is 7.50. The minimum absolute atomic E-state index is 0.0104. The summed E-state index contributed by atoms with van der Waals surface area (Å²) in [5, 5.41) is 12.3. The van der Waals surface area contributed by atoms with Crippen molar-refractivity contribution in [2.75, 3.05) is 13.1 Å². The first-order chi connectivity index (χ1) is 9.74. The fourth-order valence-corrected chi connectivity index (χ4v) is 3.57. The SMILES string of the molecule is O=C(O)[C@@H]1CN(Cc2ccccc2)C[C@H]1c1nccs1. The zero-order valence-corrected chi connectivity index (χ0v) is 11.8. The van der Waals surface area contributed by atoms with Crippen LogP contribution in [0.15, 0.2) is 41.9 Å². The van der Waals surface area contributed by atoms with Gasteiger partial charge in [-0.1, -0.05) is 30.3 Å². The number of carboxylic acids is 1. The van der Waals surface area contributed by atoms with Gasteiger partial charge in [0.1, 0.15) is 0 Å². The highest BCUT2D eigenvalue weighted by molar-refractivity contribution is 7.09. The van der Waals surface area contributed by atoms with Crippen molar-refractivity contribution in [1.29, 1.82) is 0 Å². The Morgan fingerprint density at radius 2 is 2.15 bits per heavy atom. The molecule has 0 spiro atoms. The van der Waals surface area contributed by atoms with E-state index in [1.165, 1.54) is 5.56 Å². The number of nitrogens with zero attached hydrogens (tertiary/aromatic N) is 2. The molecule has 0 saturated carbocycles. The van der Waals surface area contributed by atoms with Gasteiger partial charge in [-0.3, -0.25) is 9.69 Å². The van der Waals surface area contributed by atoms with E-state index in [-0.39, 0.29) is 11.8 Å². The largest absolute Gasteiger partial charge is 0.481 e. The second kappa shape index (κ2) is 5.73. The molecule has 0 bridgehead atoms. The van der Waals surface area contributed by atoms with E-state index in [1.807, 2.05) is 23.6 Å². The Balaban J connectivity index is 1.75. The molecule has 104 valence electrons. The number of carboxylic acid groups (broad SMARTS) is 1. The van der Waals surface area contributed by atoms with Crippen LogP contribution in [0.5, 0.6) is 0 Å². The van der Waals surface area contributed by atoms with Crippen molar-refractivity contribution in [2.24, 2.45) is 5.92 Å².